The molecule has 136 valence electrons. The highest BCUT2D eigenvalue weighted by molar-refractivity contribution is 7.99. The average molecular weight is 383 g/mol. The summed E-state index contributed by atoms with van der Waals surface area (Å²) in [5.41, 5.74) is 0.645. The molecule has 0 fully saturated rings. The van der Waals surface area contributed by atoms with Crippen LogP contribution in [0.4, 0.5) is 5.69 Å². The zero-order chi connectivity index (χ0) is 18.8. The van der Waals surface area contributed by atoms with Crippen molar-refractivity contribution in [2.24, 2.45) is 0 Å². The minimum Gasteiger partial charge on any atom is -0.487 e. The minimum absolute atomic E-state index is 0.0882. The number of hydrogen-bond acceptors (Lipinski definition) is 8. The third-order valence-corrected chi connectivity index (χ3v) is 4.50. The highest BCUT2D eigenvalue weighted by atomic mass is 32.2. The number of furan rings is 1. The van der Waals surface area contributed by atoms with Gasteiger partial charge in [0.25, 0.3) is 11.1 Å². The van der Waals surface area contributed by atoms with Crippen molar-refractivity contribution in [1.82, 2.24) is 10.2 Å². The molecule has 0 atom stereocenters. The van der Waals surface area contributed by atoms with Gasteiger partial charge in [-0.1, -0.05) is 18.2 Å². The van der Waals surface area contributed by atoms with Crippen molar-refractivity contribution in [2.75, 3.05) is 6.61 Å². The molecule has 4 rings (SSSR count). The molecule has 0 saturated carbocycles. The molecule has 0 aliphatic rings. The van der Waals surface area contributed by atoms with Gasteiger partial charge in [0, 0.05) is 22.4 Å². The van der Waals surface area contributed by atoms with Gasteiger partial charge in [0.15, 0.2) is 11.5 Å². The van der Waals surface area contributed by atoms with E-state index in [0.717, 1.165) is 11.0 Å². The largest absolute Gasteiger partial charge is 0.487 e. The molecule has 0 N–H and O–H groups in total. The number of fused-ring (bicyclic) bond motifs is 1. The molecule has 0 saturated heterocycles. The number of nitro benzene ring substituents is 1. The van der Waals surface area contributed by atoms with E-state index >= 15 is 0 Å². The van der Waals surface area contributed by atoms with Crippen LogP contribution in [0.25, 0.3) is 22.6 Å². The second-order valence-electron chi connectivity index (χ2n) is 5.44. The average Bonchev–Trinajstić information content (AvgIpc) is 3.28. The highest BCUT2D eigenvalue weighted by Crippen LogP contribution is 2.36. The molecule has 9 heteroatoms. The van der Waals surface area contributed by atoms with Gasteiger partial charge in [-0.3, -0.25) is 10.1 Å². The van der Waals surface area contributed by atoms with Crippen LogP contribution in [-0.2, 0) is 0 Å². The molecule has 0 aliphatic heterocycles. The summed E-state index contributed by atoms with van der Waals surface area (Å²) in [5.74, 6) is 0.944. The molecular formula is C18H13N3O5S. The van der Waals surface area contributed by atoms with Gasteiger partial charge in [-0.05, 0) is 36.9 Å². The zero-order valence-corrected chi connectivity index (χ0v) is 14.9. The summed E-state index contributed by atoms with van der Waals surface area (Å²) in [6.07, 6.45) is 0. The highest BCUT2D eigenvalue weighted by Gasteiger charge is 2.18. The fourth-order valence-electron chi connectivity index (χ4n) is 2.52. The SMILES string of the molecule is CCOc1cc(Sc2nnc(-c3cc4ccccc4o3)o2)ccc1[N+](=O)[O-]. The molecule has 0 radical (unpaired) electrons. The quantitative estimate of drug-likeness (QED) is 0.340. The van der Waals surface area contributed by atoms with Crippen molar-refractivity contribution in [2.45, 2.75) is 17.0 Å². The fourth-order valence-corrected chi connectivity index (χ4v) is 3.22. The Balaban J connectivity index is 1.59. The first-order valence-electron chi connectivity index (χ1n) is 8.05. The van der Waals surface area contributed by atoms with Gasteiger partial charge in [-0.2, -0.15) is 0 Å². The van der Waals surface area contributed by atoms with Gasteiger partial charge < -0.3 is 13.6 Å². The van der Waals surface area contributed by atoms with Crippen LogP contribution in [0.2, 0.25) is 0 Å². The molecule has 0 unspecified atom stereocenters. The number of para-hydroxylation sites is 1. The van der Waals surface area contributed by atoms with E-state index in [2.05, 4.69) is 10.2 Å². The van der Waals surface area contributed by atoms with Gasteiger partial charge in [0.1, 0.15) is 5.58 Å². The molecule has 27 heavy (non-hydrogen) atoms. The van der Waals surface area contributed by atoms with Crippen LogP contribution in [0.3, 0.4) is 0 Å². The molecular weight excluding hydrogens is 370 g/mol. The first-order chi connectivity index (χ1) is 13.1. The number of ether oxygens (including phenoxy) is 1. The second-order valence-corrected chi connectivity index (χ2v) is 6.47. The van der Waals surface area contributed by atoms with Crippen LogP contribution in [0.1, 0.15) is 6.92 Å². The van der Waals surface area contributed by atoms with E-state index in [-0.39, 0.29) is 17.3 Å². The van der Waals surface area contributed by atoms with Gasteiger partial charge >= 0.3 is 5.69 Å². The van der Waals surface area contributed by atoms with E-state index in [1.807, 2.05) is 30.3 Å². The number of aromatic nitrogens is 2. The smallest absolute Gasteiger partial charge is 0.310 e. The summed E-state index contributed by atoms with van der Waals surface area (Å²) in [6, 6.07) is 14.0. The number of nitro groups is 1. The Morgan fingerprint density at radius 3 is 2.78 bits per heavy atom. The van der Waals surface area contributed by atoms with Crippen LogP contribution >= 0.6 is 11.8 Å². The maximum atomic E-state index is 11.1. The van der Waals surface area contributed by atoms with Crippen LogP contribution in [0.5, 0.6) is 5.75 Å². The van der Waals surface area contributed by atoms with Crippen molar-refractivity contribution < 1.29 is 18.5 Å². The summed E-state index contributed by atoms with van der Waals surface area (Å²) in [6.45, 7) is 2.09. The van der Waals surface area contributed by atoms with E-state index in [1.54, 1.807) is 19.1 Å². The molecule has 4 aromatic rings. The monoisotopic (exact) mass is 383 g/mol. The Labute approximate surface area is 157 Å². The van der Waals surface area contributed by atoms with Gasteiger partial charge in [-0.15, -0.1) is 10.2 Å². The lowest BCUT2D eigenvalue weighted by atomic mass is 10.2. The number of rotatable bonds is 6. The predicted octanol–water partition coefficient (Wildman–Crippen LogP) is 4.94. The van der Waals surface area contributed by atoms with Crippen molar-refractivity contribution in [3.05, 3.63) is 58.6 Å². The fraction of sp³-hybridized carbons (Fsp3) is 0.111. The van der Waals surface area contributed by atoms with E-state index in [9.17, 15) is 10.1 Å². The van der Waals surface area contributed by atoms with Crippen molar-refractivity contribution in [3.8, 4) is 17.4 Å². The maximum Gasteiger partial charge on any atom is 0.310 e. The summed E-state index contributed by atoms with van der Waals surface area (Å²) in [4.78, 5) is 11.3. The minimum atomic E-state index is -0.480. The Kier molecular flexibility index (Phi) is 4.51. The van der Waals surface area contributed by atoms with E-state index in [4.69, 9.17) is 13.6 Å². The van der Waals surface area contributed by atoms with Crippen LogP contribution < -0.4 is 4.74 Å². The molecule has 0 spiro atoms. The Hall–Kier alpha value is -3.33. The molecule has 2 aromatic carbocycles. The van der Waals surface area contributed by atoms with Crippen LogP contribution in [0.15, 0.2) is 67.5 Å². The van der Waals surface area contributed by atoms with Gasteiger partial charge in [0.2, 0.25) is 0 Å². The number of nitrogens with zero attached hydrogens (tertiary/aromatic N) is 3. The number of hydrogen-bond donors (Lipinski definition) is 0. The Morgan fingerprint density at radius 1 is 1.15 bits per heavy atom. The van der Waals surface area contributed by atoms with E-state index in [1.165, 1.54) is 17.8 Å². The third-order valence-electron chi connectivity index (χ3n) is 3.68. The first-order valence-corrected chi connectivity index (χ1v) is 8.87. The maximum absolute atomic E-state index is 11.1. The van der Waals surface area contributed by atoms with Crippen molar-refractivity contribution in [1.29, 1.82) is 0 Å². The van der Waals surface area contributed by atoms with Crippen LogP contribution in [0, 0.1) is 10.1 Å². The molecule has 0 amide bonds. The lowest BCUT2D eigenvalue weighted by Crippen LogP contribution is -1.97. The molecule has 2 aromatic heterocycles. The Morgan fingerprint density at radius 2 is 2.00 bits per heavy atom. The predicted molar refractivity (Wildman–Crippen MR) is 97.9 cm³/mol. The topological polar surface area (TPSA) is 104 Å². The Bertz CT molecular complexity index is 1090. The molecule has 0 bridgehead atoms. The summed E-state index contributed by atoms with van der Waals surface area (Å²) >= 11 is 1.19. The first kappa shape index (κ1) is 17.1. The standard InChI is InChI=1S/C18H13N3O5S/c1-2-24-15-10-12(7-8-13(15)21(22)23)27-18-20-19-17(26-18)16-9-11-5-3-4-6-14(11)25-16/h3-10H,2H2,1H3. The zero-order valence-electron chi connectivity index (χ0n) is 14.1. The van der Waals surface area contributed by atoms with Crippen molar-refractivity contribution in [3.63, 3.8) is 0 Å². The normalized spacial score (nSPS) is 11.0. The van der Waals surface area contributed by atoms with Gasteiger partial charge in [0.05, 0.1) is 11.5 Å². The third kappa shape index (κ3) is 3.49. The van der Waals surface area contributed by atoms with Crippen molar-refractivity contribution >= 4 is 28.4 Å². The summed E-state index contributed by atoms with van der Waals surface area (Å²) in [7, 11) is 0. The lowest BCUT2D eigenvalue weighted by molar-refractivity contribution is -0.385. The lowest BCUT2D eigenvalue weighted by Gasteiger charge is -2.05. The summed E-state index contributed by atoms with van der Waals surface area (Å²) in [5, 5.41) is 20.3. The molecule has 8 nitrogen and oxygen atoms in total. The van der Waals surface area contributed by atoms with Crippen LogP contribution in [-0.4, -0.2) is 21.7 Å². The van der Waals surface area contributed by atoms with Gasteiger partial charge in [-0.25, -0.2) is 0 Å². The second kappa shape index (κ2) is 7.12. The number of benzene rings is 2. The molecule has 2 heterocycles. The molecule has 0 aliphatic carbocycles. The summed E-state index contributed by atoms with van der Waals surface area (Å²) < 4.78 is 16.7. The van der Waals surface area contributed by atoms with E-state index < -0.39 is 4.92 Å². The van der Waals surface area contributed by atoms with E-state index in [0.29, 0.717) is 22.5 Å².